The van der Waals surface area contributed by atoms with E-state index in [0.29, 0.717) is 25.2 Å². The van der Waals surface area contributed by atoms with E-state index in [1.54, 1.807) is 20.8 Å². The van der Waals surface area contributed by atoms with E-state index < -0.39 is 23.4 Å². The summed E-state index contributed by atoms with van der Waals surface area (Å²) in [5, 5.41) is 10.4. The molecule has 0 bridgehead atoms. The number of ketones is 1. The van der Waals surface area contributed by atoms with Gasteiger partial charge in [0.1, 0.15) is 5.60 Å². The first kappa shape index (κ1) is 26.2. The van der Waals surface area contributed by atoms with Crippen LogP contribution in [-0.2, 0) is 4.74 Å². The first-order valence-electron chi connectivity index (χ1n) is 11.3. The molecule has 10 heteroatoms. The van der Waals surface area contributed by atoms with Gasteiger partial charge in [-0.05, 0) is 55.7 Å². The highest BCUT2D eigenvalue weighted by molar-refractivity contribution is 7.99. The Kier molecular flexibility index (Phi) is 8.73. The van der Waals surface area contributed by atoms with Crippen molar-refractivity contribution in [3.63, 3.8) is 0 Å². The zero-order chi connectivity index (χ0) is 24.1. The number of amides is 2. The van der Waals surface area contributed by atoms with Crippen LogP contribution in [-0.4, -0.2) is 39.5 Å². The fraction of sp³-hybridized carbons (Fsp3) is 0.773. The molecule has 2 rings (SSSR count). The maximum atomic E-state index is 13.2. The van der Waals surface area contributed by atoms with Gasteiger partial charge in [-0.2, -0.15) is 4.79 Å². The minimum atomic E-state index is -0.963. The van der Waals surface area contributed by atoms with Gasteiger partial charge < -0.3 is 9.15 Å². The van der Waals surface area contributed by atoms with Crippen LogP contribution >= 0.6 is 11.8 Å². The van der Waals surface area contributed by atoms with Crippen LogP contribution in [0.1, 0.15) is 97.7 Å². The second-order valence-corrected chi connectivity index (χ2v) is 11.5. The van der Waals surface area contributed by atoms with Gasteiger partial charge in [0.15, 0.2) is 5.66 Å². The molecule has 9 nitrogen and oxygen atoms in total. The largest absolute Gasteiger partial charge is 0.522 e. The van der Waals surface area contributed by atoms with Gasteiger partial charge in [-0.25, -0.2) is 10.1 Å². The molecule has 1 heterocycles. The number of nitrogens with zero attached hydrogens (tertiary/aromatic N) is 2. The molecule has 0 atom stereocenters. The molecule has 1 saturated carbocycles. The van der Waals surface area contributed by atoms with Crippen LogP contribution in [0.3, 0.4) is 0 Å². The molecule has 0 saturated heterocycles. The Hall–Kier alpha value is -2.10. The van der Waals surface area contributed by atoms with E-state index in [9.17, 15) is 14.4 Å². The standard InChI is InChI=1S/C22H36N4O5S/c1-14(2)10-11-16(27)17-26(25-20(30-17)32-15(3)4)18(28)23-22(12-8-9-13-22)24-19(29)31-21(5,6)7/h14-15H,8-13H2,1-7H3,(H-,23,24,28,29)/p+1. The number of aromatic nitrogens is 2. The van der Waals surface area contributed by atoms with E-state index in [4.69, 9.17) is 9.15 Å². The van der Waals surface area contributed by atoms with E-state index in [1.165, 1.54) is 11.8 Å². The van der Waals surface area contributed by atoms with Crippen molar-refractivity contribution in [1.29, 1.82) is 0 Å². The molecule has 0 radical (unpaired) electrons. The van der Waals surface area contributed by atoms with Gasteiger partial charge in [0.2, 0.25) is 5.78 Å². The molecular formula is C22H37N4O5S+. The van der Waals surface area contributed by atoms with Crippen LogP contribution in [0.5, 0.6) is 0 Å². The summed E-state index contributed by atoms with van der Waals surface area (Å²) >= 11 is 1.33. The first-order valence-corrected chi connectivity index (χ1v) is 12.1. The van der Waals surface area contributed by atoms with Crippen molar-refractivity contribution in [2.45, 2.75) is 109 Å². The minimum Gasteiger partial charge on any atom is -0.444 e. The van der Waals surface area contributed by atoms with E-state index in [0.717, 1.165) is 17.5 Å². The fourth-order valence-electron chi connectivity index (χ4n) is 3.38. The molecule has 1 aromatic heterocycles. The third-order valence-electron chi connectivity index (χ3n) is 4.82. The number of hydrogen-bond acceptors (Lipinski definition) is 7. The summed E-state index contributed by atoms with van der Waals surface area (Å²) in [6, 6.07) is -0.616. The Morgan fingerprint density at radius 1 is 1.16 bits per heavy atom. The Morgan fingerprint density at radius 2 is 1.78 bits per heavy atom. The summed E-state index contributed by atoms with van der Waals surface area (Å²) < 4.78 is 12.0. The zero-order valence-electron chi connectivity index (χ0n) is 20.2. The highest BCUT2D eigenvalue weighted by atomic mass is 32.2. The summed E-state index contributed by atoms with van der Waals surface area (Å²) in [7, 11) is 0. The van der Waals surface area contributed by atoms with Gasteiger partial charge in [0, 0.05) is 24.5 Å². The Morgan fingerprint density at radius 3 is 2.31 bits per heavy atom. The van der Waals surface area contributed by atoms with Gasteiger partial charge in [-0.3, -0.25) is 10.1 Å². The number of ether oxygens (including phenoxy) is 1. The molecule has 1 fully saturated rings. The van der Waals surface area contributed by atoms with E-state index >= 15 is 0 Å². The monoisotopic (exact) mass is 469 g/mol. The maximum absolute atomic E-state index is 13.2. The van der Waals surface area contributed by atoms with Crippen LogP contribution in [0, 0.1) is 5.92 Å². The lowest BCUT2D eigenvalue weighted by Crippen LogP contribution is -2.66. The molecule has 2 N–H and O–H groups in total. The zero-order valence-corrected chi connectivity index (χ0v) is 21.1. The lowest BCUT2D eigenvalue weighted by Gasteiger charge is -2.28. The average Bonchev–Trinajstić information content (AvgIpc) is 3.24. The molecule has 0 spiro atoms. The predicted molar refractivity (Wildman–Crippen MR) is 121 cm³/mol. The lowest BCUT2D eigenvalue weighted by molar-refractivity contribution is -0.641. The number of carbonyl (C=O) groups excluding carboxylic acids is 3. The molecule has 1 aliphatic carbocycles. The number of thioether (sulfide) groups is 1. The molecule has 1 aliphatic rings. The van der Waals surface area contributed by atoms with Gasteiger partial charge in [0.05, 0.1) is 0 Å². The highest BCUT2D eigenvalue weighted by Gasteiger charge is 2.45. The smallest absolute Gasteiger partial charge is 0.444 e. The number of nitrogens with one attached hydrogen (secondary N) is 2. The van der Waals surface area contributed by atoms with Crippen LogP contribution in [0.15, 0.2) is 9.64 Å². The van der Waals surface area contributed by atoms with Crippen LogP contribution in [0.2, 0.25) is 0 Å². The van der Waals surface area contributed by atoms with Crippen molar-refractivity contribution in [2.24, 2.45) is 5.92 Å². The van der Waals surface area contributed by atoms with Gasteiger partial charge in [0.25, 0.3) is 5.22 Å². The third kappa shape index (κ3) is 7.79. The van der Waals surface area contributed by atoms with Crippen LogP contribution < -0.4 is 15.3 Å². The minimum absolute atomic E-state index is 0.100. The van der Waals surface area contributed by atoms with E-state index in [2.05, 4.69) is 15.7 Å². The van der Waals surface area contributed by atoms with Crippen LogP contribution in [0.25, 0.3) is 0 Å². The number of rotatable bonds is 8. The fourth-order valence-corrected chi connectivity index (χ4v) is 4.04. The topological polar surface area (TPSA) is 114 Å². The predicted octanol–water partition coefficient (Wildman–Crippen LogP) is 4.43. The van der Waals surface area contributed by atoms with Crippen molar-refractivity contribution in [2.75, 3.05) is 0 Å². The SMILES string of the molecule is CC(C)CCC(=O)c1oc(SC(C)C)n[n+]1C(=O)NC1(NC(=O)OC(C)(C)C)CCCC1. The lowest BCUT2D eigenvalue weighted by atomic mass is 10.1. The molecule has 32 heavy (non-hydrogen) atoms. The average molecular weight is 470 g/mol. The molecule has 0 unspecified atom stereocenters. The van der Waals surface area contributed by atoms with Gasteiger partial charge in [-0.15, -0.1) is 0 Å². The van der Waals surface area contributed by atoms with Crippen molar-refractivity contribution in [1.82, 2.24) is 15.7 Å². The number of carbonyl (C=O) groups is 3. The molecular weight excluding hydrogens is 432 g/mol. The van der Waals surface area contributed by atoms with Gasteiger partial charge >= 0.3 is 18.0 Å². The number of alkyl carbamates (subject to hydrolysis) is 1. The summed E-state index contributed by atoms with van der Waals surface area (Å²) in [6.45, 7) is 13.3. The molecule has 0 aliphatic heterocycles. The maximum Gasteiger partial charge on any atom is 0.522 e. The Balaban J connectivity index is 2.25. The van der Waals surface area contributed by atoms with E-state index in [-0.39, 0.29) is 28.6 Å². The van der Waals surface area contributed by atoms with Gasteiger partial charge in [-0.1, -0.05) is 39.5 Å². The Bertz CT molecular complexity index is 823. The molecule has 0 aromatic carbocycles. The summed E-state index contributed by atoms with van der Waals surface area (Å²) in [6.07, 6.45) is 3.13. The number of Topliss-reactive ketones (excluding diaryl/α,β-unsaturated/α-hetero) is 1. The Labute approximate surface area is 194 Å². The quantitative estimate of drug-likeness (QED) is 0.250. The summed E-state index contributed by atoms with van der Waals surface area (Å²) in [4.78, 5) is 38.4. The van der Waals surface area contributed by atoms with Crippen molar-refractivity contribution >= 4 is 29.7 Å². The third-order valence-corrected chi connectivity index (χ3v) is 5.66. The first-order chi connectivity index (χ1) is 14.8. The van der Waals surface area contributed by atoms with Crippen molar-refractivity contribution in [3.05, 3.63) is 5.89 Å². The summed E-state index contributed by atoms with van der Waals surface area (Å²) in [5.41, 5.74) is -1.62. The second-order valence-electron chi connectivity index (χ2n) is 9.95. The normalized spacial score (nSPS) is 15.8. The molecule has 180 valence electrons. The summed E-state index contributed by atoms with van der Waals surface area (Å²) in [5.74, 6) is -0.0392. The molecule has 1 aromatic rings. The molecule has 2 amide bonds. The second kappa shape index (κ2) is 10.7. The van der Waals surface area contributed by atoms with Crippen molar-refractivity contribution < 1.29 is 28.2 Å². The highest BCUT2D eigenvalue weighted by Crippen LogP contribution is 2.28. The van der Waals surface area contributed by atoms with Crippen molar-refractivity contribution in [3.8, 4) is 0 Å². The van der Waals surface area contributed by atoms with Crippen LogP contribution in [0.4, 0.5) is 9.59 Å². The van der Waals surface area contributed by atoms with E-state index in [1.807, 2.05) is 27.7 Å². The number of hydrogen-bond donors (Lipinski definition) is 2.